The minimum Gasteiger partial charge on any atom is -0.366 e. The summed E-state index contributed by atoms with van der Waals surface area (Å²) in [6, 6.07) is 1.45. The SMILES string of the molecule is NC(=O)c1ccc([N+](=O)[O-])c(C(F)(F)F)c1Br. The van der Waals surface area contributed by atoms with Crippen LogP contribution in [0.4, 0.5) is 18.9 Å². The number of nitrogens with two attached hydrogens (primary N) is 1. The summed E-state index contributed by atoms with van der Waals surface area (Å²) in [5, 5.41) is 10.5. The van der Waals surface area contributed by atoms with E-state index in [1.165, 1.54) is 0 Å². The van der Waals surface area contributed by atoms with Gasteiger partial charge in [0.1, 0.15) is 5.56 Å². The summed E-state index contributed by atoms with van der Waals surface area (Å²) in [4.78, 5) is 20.1. The van der Waals surface area contributed by atoms with Crippen molar-refractivity contribution in [3.05, 3.63) is 37.8 Å². The number of nitrogens with zero attached hydrogens (tertiary/aromatic N) is 1. The zero-order chi connectivity index (χ0) is 13.4. The van der Waals surface area contributed by atoms with Crippen LogP contribution in [0, 0.1) is 10.1 Å². The second-order valence-electron chi connectivity index (χ2n) is 2.94. The van der Waals surface area contributed by atoms with Gasteiger partial charge in [-0.15, -0.1) is 0 Å². The number of hydrogen-bond acceptors (Lipinski definition) is 3. The number of rotatable bonds is 2. The van der Waals surface area contributed by atoms with Gasteiger partial charge in [0.2, 0.25) is 5.91 Å². The Hall–Kier alpha value is -1.64. The van der Waals surface area contributed by atoms with Gasteiger partial charge in [-0.2, -0.15) is 13.2 Å². The van der Waals surface area contributed by atoms with Crippen molar-refractivity contribution >= 4 is 27.5 Å². The van der Waals surface area contributed by atoms with Crippen molar-refractivity contribution in [1.82, 2.24) is 0 Å². The second kappa shape index (κ2) is 4.32. The van der Waals surface area contributed by atoms with Gasteiger partial charge in [0, 0.05) is 10.5 Å². The van der Waals surface area contributed by atoms with E-state index in [4.69, 9.17) is 5.73 Å². The highest BCUT2D eigenvalue weighted by atomic mass is 79.9. The average molecular weight is 313 g/mol. The van der Waals surface area contributed by atoms with Crippen molar-refractivity contribution in [2.75, 3.05) is 0 Å². The zero-order valence-corrected chi connectivity index (χ0v) is 9.50. The number of hydrogen-bond donors (Lipinski definition) is 1. The highest BCUT2D eigenvalue weighted by molar-refractivity contribution is 9.10. The van der Waals surface area contributed by atoms with Gasteiger partial charge in [-0.25, -0.2) is 0 Å². The van der Waals surface area contributed by atoms with Gasteiger partial charge in [-0.1, -0.05) is 0 Å². The van der Waals surface area contributed by atoms with Crippen molar-refractivity contribution in [3.8, 4) is 0 Å². The summed E-state index contributed by atoms with van der Waals surface area (Å²) in [7, 11) is 0. The maximum Gasteiger partial charge on any atom is 0.424 e. The minimum absolute atomic E-state index is 0.470. The molecule has 0 saturated carbocycles. The fraction of sp³-hybridized carbons (Fsp3) is 0.125. The largest absolute Gasteiger partial charge is 0.424 e. The highest BCUT2D eigenvalue weighted by Crippen LogP contribution is 2.42. The van der Waals surface area contributed by atoms with Crippen molar-refractivity contribution in [2.24, 2.45) is 5.73 Å². The quantitative estimate of drug-likeness (QED) is 0.672. The van der Waals surface area contributed by atoms with Crippen LogP contribution in [0.3, 0.4) is 0 Å². The molecule has 1 aromatic carbocycles. The molecule has 0 aromatic heterocycles. The molecule has 1 rings (SSSR count). The van der Waals surface area contributed by atoms with Gasteiger partial charge in [0.25, 0.3) is 5.69 Å². The molecule has 0 aliphatic rings. The van der Waals surface area contributed by atoms with Crippen molar-refractivity contribution < 1.29 is 22.9 Å². The molecule has 1 amide bonds. The van der Waals surface area contributed by atoms with Crippen molar-refractivity contribution in [1.29, 1.82) is 0 Å². The summed E-state index contributed by atoms with van der Waals surface area (Å²) >= 11 is 2.51. The first-order valence-electron chi connectivity index (χ1n) is 4.00. The number of primary amides is 1. The maximum absolute atomic E-state index is 12.6. The van der Waals surface area contributed by atoms with E-state index < -0.39 is 38.3 Å². The number of amides is 1. The van der Waals surface area contributed by atoms with Crippen molar-refractivity contribution in [2.45, 2.75) is 6.18 Å². The molecule has 5 nitrogen and oxygen atoms in total. The van der Waals surface area contributed by atoms with Gasteiger partial charge in [0.05, 0.1) is 10.5 Å². The van der Waals surface area contributed by atoms with Gasteiger partial charge in [0.15, 0.2) is 0 Å². The van der Waals surface area contributed by atoms with Crippen molar-refractivity contribution in [3.63, 3.8) is 0 Å². The Morgan fingerprint density at radius 1 is 1.41 bits per heavy atom. The third-order valence-electron chi connectivity index (χ3n) is 1.87. The molecule has 2 N–H and O–H groups in total. The Labute approximate surface area is 101 Å². The smallest absolute Gasteiger partial charge is 0.366 e. The summed E-state index contributed by atoms with van der Waals surface area (Å²) in [5.41, 5.74) is 1.70. The van der Waals surface area contributed by atoms with Gasteiger partial charge in [-0.3, -0.25) is 14.9 Å². The maximum atomic E-state index is 12.6. The van der Waals surface area contributed by atoms with Crippen LogP contribution in [0.2, 0.25) is 0 Å². The highest BCUT2D eigenvalue weighted by Gasteiger charge is 2.41. The van der Waals surface area contributed by atoms with E-state index in [1.54, 1.807) is 0 Å². The van der Waals surface area contributed by atoms with Crippen LogP contribution < -0.4 is 5.73 Å². The summed E-state index contributed by atoms with van der Waals surface area (Å²) in [6.45, 7) is 0. The lowest BCUT2D eigenvalue weighted by molar-refractivity contribution is -0.388. The monoisotopic (exact) mass is 312 g/mol. The van der Waals surface area contributed by atoms with Gasteiger partial charge >= 0.3 is 6.18 Å². The van der Waals surface area contributed by atoms with Crippen LogP contribution in [0.1, 0.15) is 15.9 Å². The fourth-order valence-corrected chi connectivity index (χ4v) is 1.93. The molecule has 0 unspecified atom stereocenters. The normalized spacial score (nSPS) is 11.3. The molecule has 0 aliphatic heterocycles. The molecular weight excluding hydrogens is 309 g/mol. The van der Waals surface area contributed by atoms with Crippen LogP contribution in [0.25, 0.3) is 0 Å². The summed E-state index contributed by atoms with van der Waals surface area (Å²) in [6.07, 6.45) is -4.97. The van der Waals surface area contributed by atoms with Crippen LogP contribution in [0.5, 0.6) is 0 Å². The molecule has 0 saturated heterocycles. The third-order valence-corrected chi connectivity index (χ3v) is 2.69. The number of carbonyl (C=O) groups is 1. The lowest BCUT2D eigenvalue weighted by atomic mass is 10.1. The number of nitro benzene ring substituents is 1. The molecule has 9 heteroatoms. The van der Waals surface area contributed by atoms with Crippen LogP contribution >= 0.6 is 15.9 Å². The molecule has 17 heavy (non-hydrogen) atoms. The Balaban J connectivity index is 3.65. The Kier molecular flexibility index (Phi) is 3.41. The molecular formula is C8H4BrF3N2O3. The third kappa shape index (κ3) is 2.54. The topological polar surface area (TPSA) is 86.2 Å². The van der Waals surface area contributed by atoms with E-state index >= 15 is 0 Å². The average Bonchev–Trinajstić information content (AvgIpc) is 2.14. The van der Waals surface area contributed by atoms with E-state index in [-0.39, 0.29) is 0 Å². The molecule has 0 fully saturated rings. The summed E-state index contributed by atoms with van der Waals surface area (Å²) < 4.78 is 37.1. The number of halogens is 4. The first-order valence-corrected chi connectivity index (χ1v) is 4.79. The molecule has 0 bridgehead atoms. The first kappa shape index (κ1) is 13.4. The molecule has 1 aromatic rings. The number of benzene rings is 1. The van der Waals surface area contributed by atoms with E-state index in [0.29, 0.717) is 6.07 Å². The molecule has 0 spiro atoms. The molecule has 0 radical (unpaired) electrons. The fourth-order valence-electron chi connectivity index (χ4n) is 1.18. The van der Waals surface area contributed by atoms with Crippen LogP contribution in [-0.2, 0) is 6.18 Å². The zero-order valence-electron chi connectivity index (χ0n) is 7.92. The number of alkyl halides is 3. The second-order valence-corrected chi connectivity index (χ2v) is 3.73. The minimum atomic E-state index is -4.97. The Bertz CT molecular complexity index is 502. The Morgan fingerprint density at radius 2 is 1.94 bits per heavy atom. The first-order chi connectivity index (χ1) is 7.66. The summed E-state index contributed by atoms with van der Waals surface area (Å²) in [5.74, 6) is -1.11. The molecule has 0 heterocycles. The van der Waals surface area contributed by atoms with E-state index in [2.05, 4.69) is 15.9 Å². The standard InChI is InChI=1S/C8H4BrF3N2O3/c9-6-3(7(13)15)1-2-4(14(16)17)5(6)8(10,11)12/h1-2H,(H2,13,15). The lowest BCUT2D eigenvalue weighted by Gasteiger charge is -2.11. The van der Waals surface area contributed by atoms with E-state index in [0.717, 1.165) is 6.07 Å². The predicted molar refractivity (Wildman–Crippen MR) is 54.3 cm³/mol. The van der Waals surface area contributed by atoms with Crippen LogP contribution in [-0.4, -0.2) is 10.8 Å². The Morgan fingerprint density at radius 3 is 2.29 bits per heavy atom. The number of nitro groups is 1. The predicted octanol–water partition coefficient (Wildman–Crippen LogP) is 2.48. The van der Waals surface area contributed by atoms with E-state index in [9.17, 15) is 28.1 Å². The molecule has 92 valence electrons. The van der Waals surface area contributed by atoms with Gasteiger partial charge in [-0.05, 0) is 22.0 Å². The lowest BCUT2D eigenvalue weighted by Crippen LogP contribution is -2.16. The molecule has 0 aliphatic carbocycles. The van der Waals surface area contributed by atoms with Crippen LogP contribution in [0.15, 0.2) is 16.6 Å². The molecule has 0 atom stereocenters. The van der Waals surface area contributed by atoms with Gasteiger partial charge < -0.3 is 5.73 Å². The van der Waals surface area contributed by atoms with E-state index in [1.807, 2.05) is 0 Å². The number of carbonyl (C=O) groups excluding carboxylic acids is 1.